The van der Waals surface area contributed by atoms with Gasteiger partial charge in [0, 0.05) is 48.2 Å². The van der Waals surface area contributed by atoms with E-state index in [0.717, 1.165) is 5.56 Å². The Kier molecular flexibility index (Phi) is 4.51. The highest BCUT2D eigenvalue weighted by Crippen LogP contribution is 2.32. The highest BCUT2D eigenvalue weighted by molar-refractivity contribution is 6.01. The van der Waals surface area contributed by atoms with Crippen molar-refractivity contribution in [3.63, 3.8) is 0 Å². The Morgan fingerprint density at radius 2 is 2.03 bits per heavy atom. The maximum atomic E-state index is 15.3. The van der Waals surface area contributed by atoms with E-state index in [1.54, 1.807) is 30.2 Å². The lowest BCUT2D eigenvalue weighted by molar-refractivity contribution is 0.262. The topological polar surface area (TPSA) is 124 Å². The van der Waals surface area contributed by atoms with E-state index in [0.29, 0.717) is 16.6 Å². The lowest BCUT2D eigenvalue weighted by atomic mass is 10.0. The van der Waals surface area contributed by atoms with Crippen molar-refractivity contribution < 1.29 is 9.18 Å². The number of aryl methyl sites for hydroxylation is 2. The molecular formula is C19H17FN8O. The van der Waals surface area contributed by atoms with Crippen LogP contribution in [0, 0.1) is 12.7 Å². The largest absolute Gasteiger partial charge is 0.383 e. The Morgan fingerprint density at radius 3 is 2.76 bits per heavy atom. The average molecular weight is 392 g/mol. The zero-order valence-corrected chi connectivity index (χ0v) is 15.6. The highest BCUT2D eigenvalue weighted by atomic mass is 19.1. The van der Waals surface area contributed by atoms with Gasteiger partial charge in [0.2, 0.25) is 0 Å². The van der Waals surface area contributed by atoms with Crippen LogP contribution in [0.15, 0.2) is 43.1 Å². The van der Waals surface area contributed by atoms with Crippen molar-refractivity contribution in [2.24, 2.45) is 7.05 Å². The lowest BCUT2D eigenvalue weighted by Gasteiger charge is -2.11. The molecule has 0 radical (unpaired) electrons. The Hall–Kier alpha value is -4.08. The van der Waals surface area contributed by atoms with Crippen LogP contribution in [0.2, 0.25) is 0 Å². The number of hydrogen-bond acceptors (Lipinski definition) is 6. The van der Waals surface area contributed by atoms with Crippen molar-refractivity contribution in [2.45, 2.75) is 6.92 Å². The molecule has 4 rings (SSSR count). The van der Waals surface area contributed by atoms with Gasteiger partial charge in [-0.25, -0.2) is 19.2 Å². The first-order valence-electron chi connectivity index (χ1n) is 8.64. The number of nitrogens with two attached hydrogens (primary N) is 1. The van der Waals surface area contributed by atoms with Crippen LogP contribution in [0.3, 0.4) is 0 Å². The summed E-state index contributed by atoms with van der Waals surface area (Å²) in [7, 11) is 1.73. The molecule has 0 atom stereocenters. The molecule has 4 heterocycles. The van der Waals surface area contributed by atoms with Crippen LogP contribution in [0.5, 0.6) is 0 Å². The van der Waals surface area contributed by atoms with E-state index in [-0.39, 0.29) is 22.7 Å². The minimum atomic E-state index is -0.566. The molecule has 146 valence electrons. The van der Waals surface area contributed by atoms with Crippen LogP contribution in [-0.4, -0.2) is 30.8 Å². The van der Waals surface area contributed by atoms with Gasteiger partial charge in [0.15, 0.2) is 5.82 Å². The third-order valence-corrected chi connectivity index (χ3v) is 4.36. The summed E-state index contributed by atoms with van der Waals surface area (Å²) in [6.45, 7) is 1.83. The number of nitrogens with one attached hydrogen (secondary N) is 2. The molecule has 9 nitrogen and oxygen atoms in total. The highest BCUT2D eigenvalue weighted by Gasteiger charge is 2.17. The lowest BCUT2D eigenvalue weighted by Crippen LogP contribution is -2.19. The number of hydrogen-bond donors (Lipinski definition) is 3. The second-order valence-electron chi connectivity index (χ2n) is 6.45. The first-order chi connectivity index (χ1) is 13.9. The van der Waals surface area contributed by atoms with E-state index in [2.05, 4.69) is 30.7 Å². The predicted octanol–water partition coefficient (Wildman–Crippen LogP) is 3.10. The Morgan fingerprint density at radius 1 is 1.21 bits per heavy atom. The van der Waals surface area contributed by atoms with Gasteiger partial charge in [0.25, 0.3) is 0 Å². The summed E-state index contributed by atoms with van der Waals surface area (Å²) in [5.41, 5.74) is 7.98. The quantitative estimate of drug-likeness (QED) is 0.492. The summed E-state index contributed by atoms with van der Waals surface area (Å²) in [6, 6.07) is 2.65. The molecule has 29 heavy (non-hydrogen) atoms. The molecular weight excluding hydrogens is 375 g/mol. The van der Waals surface area contributed by atoms with Crippen LogP contribution in [0.4, 0.5) is 26.5 Å². The fourth-order valence-corrected chi connectivity index (χ4v) is 2.92. The molecule has 0 aromatic carbocycles. The smallest absolute Gasteiger partial charge is 0.324 e. The van der Waals surface area contributed by atoms with Crippen molar-refractivity contribution in [2.75, 3.05) is 16.4 Å². The van der Waals surface area contributed by atoms with E-state index in [1.807, 2.05) is 6.92 Å². The van der Waals surface area contributed by atoms with Crippen molar-refractivity contribution in [3.05, 3.63) is 54.5 Å². The number of amides is 2. The molecule has 4 aromatic heterocycles. The van der Waals surface area contributed by atoms with Gasteiger partial charge in [-0.2, -0.15) is 5.10 Å². The van der Waals surface area contributed by atoms with Crippen LogP contribution >= 0.6 is 0 Å². The standard InChI is InChI=1S/C19H17FN8O/c1-10-3-4-22-7-13(10)17-16(20)12-5-15(23-8-14(12)18(21)27-17)26-19(29)25-11-6-24-28(2)9-11/h3-9H,1-2H3,(H2,21,27)(H2,23,25,26,29). The number of rotatable bonds is 3. The first-order valence-corrected chi connectivity index (χ1v) is 8.64. The summed E-state index contributed by atoms with van der Waals surface area (Å²) in [6.07, 6.45) is 7.67. The monoisotopic (exact) mass is 392 g/mol. The fourth-order valence-electron chi connectivity index (χ4n) is 2.92. The molecule has 0 spiro atoms. The van der Waals surface area contributed by atoms with Crippen LogP contribution < -0.4 is 16.4 Å². The van der Waals surface area contributed by atoms with E-state index < -0.39 is 11.8 Å². The van der Waals surface area contributed by atoms with E-state index in [9.17, 15) is 4.79 Å². The molecule has 0 saturated carbocycles. The molecule has 0 aliphatic rings. The molecule has 0 aliphatic carbocycles. The number of nitrogens with zero attached hydrogens (tertiary/aromatic N) is 5. The number of nitrogen functional groups attached to an aromatic ring is 1. The minimum Gasteiger partial charge on any atom is -0.383 e. The zero-order chi connectivity index (χ0) is 20.5. The Bertz CT molecular complexity index is 1240. The average Bonchev–Trinajstić information content (AvgIpc) is 3.09. The molecule has 4 N–H and O–H groups in total. The molecule has 0 aliphatic heterocycles. The molecule has 10 heteroatoms. The number of urea groups is 1. The summed E-state index contributed by atoms with van der Waals surface area (Å²) in [5.74, 6) is -0.265. The minimum absolute atomic E-state index is 0.0950. The molecule has 0 saturated heterocycles. The van der Waals surface area contributed by atoms with Gasteiger partial charge in [0.1, 0.15) is 17.3 Å². The maximum Gasteiger partial charge on any atom is 0.324 e. The van der Waals surface area contributed by atoms with Gasteiger partial charge in [0.05, 0.1) is 11.9 Å². The third kappa shape index (κ3) is 3.55. The van der Waals surface area contributed by atoms with E-state index >= 15 is 4.39 Å². The molecule has 0 unspecified atom stereocenters. The number of aromatic nitrogens is 5. The normalized spacial score (nSPS) is 10.9. The van der Waals surface area contributed by atoms with Crippen molar-refractivity contribution in [1.82, 2.24) is 24.7 Å². The van der Waals surface area contributed by atoms with Gasteiger partial charge in [-0.15, -0.1) is 0 Å². The summed E-state index contributed by atoms with van der Waals surface area (Å²) in [4.78, 5) is 24.5. The molecule has 0 fully saturated rings. The van der Waals surface area contributed by atoms with Gasteiger partial charge in [-0.1, -0.05) is 0 Å². The summed E-state index contributed by atoms with van der Waals surface area (Å²) in [5, 5.41) is 9.71. The summed E-state index contributed by atoms with van der Waals surface area (Å²) >= 11 is 0. The fraction of sp³-hybridized carbons (Fsp3) is 0.105. The van der Waals surface area contributed by atoms with Crippen LogP contribution in [0.1, 0.15) is 5.56 Å². The first kappa shape index (κ1) is 18.3. The SMILES string of the molecule is Cc1ccncc1-c1nc(N)c2cnc(NC(=O)Nc3cnn(C)c3)cc2c1F. The second kappa shape index (κ2) is 7.15. The number of carbonyl (C=O) groups excluding carboxylic acids is 1. The van der Waals surface area contributed by atoms with Gasteiger partial charge < -0.3 is 11.1 Å². The Labute approximate surface area is 164 Å². The molecule has 4 aromatic rings. The van der Waals surface area contributed by atoms with E-state index in [4.69, 9.17) is 5.73 Å². The van der Waals surface area contributed by atoms with Gasteiger partial charge >= 0.3 is 6.03 Å². The third-order valence-electron chi connectivity index (χ3n) is 4.36. The zero-order valence-electron chi connectivity index (χ0n) is 15.6. The molecule has 2 amide bonds. The van der Waals surface area contributed by atoms with Crippen molar-refractivity contribution in [3.8, 4) is 11.3 Å². The Balaban J connectivity index is 1.70. The predicted molar refractivity (Wildman–Crippen MR) is 108 cm³/mol. The number of carbonyl (C=O) groups is 1. The van der Waals surface area contributed by atoms with Crippen LogP contribution in [0.25, 0.3) is 22.0 Å². The second-order valence-corrected chi connectivity index (χ2v) is 6.45. The number of halogens is 1. The summed E-state index contributed by atoms with van der Waals surface area (Å²) < 4.78 is 16.8. The van der Waals surface area contributed by atoms with Crippen molar-refractivity contribution >= 4 is 34.1 Å². The van der Waals surface area contributed by atoms with Gasteiger partial charge in [-0.3, -0.25) is 15.0 Å². The van der Waals surface area contributed by atoms with Crippen LogP contribution in [-0.2, 0) is 7.05 Å². The van der Waals surface area contributed by atoms with Gasteiger partial charge in [-0.05, 0) is 24.6 Å². The molecule has 0 bridgehead atoms. The number of fused-ring (bicyclic) bond motifs is 1. The maximum absolute atomic E-state index is 15.3. The number of pyridine rings is 3. The van der Waals surface area contributed by atoms with Crippen molar-refractivity contribution in [1.29, 1.82) is 0 Å². The number of anilines is 3. The van der Waals surface area contributed by atoms with E-state index in [1.165, 1.54) is 24.7 Å².